The minimum Gasteiger partial charge on any atom is -0.493 e. The molecule has 1 fully saturated rings. The number of thioether (sulfide) groups is 1. The first-order valence-corrected chi connectivity index (χ1v) is 12.5. The number of hydrogen-bond acceptors (Lipinski definition) is 5. The van der Waals surface area contributed by atoms with E-state index < -0.39 is 0 Å². The van der Waals surface area contributed by atoms with Crippen LogP contribution < -0.4 is 9.47 Å². The number of nitrogens with zero attached hydrogens (tertiary/aromatic N) is 2. The van der Waals surface area contributed by atoms with E-state index in [1.165, 1.54) is 17.3 Å². The quantitative estimate of drug-likeness (QED) is 0.294. The van der Waals surface area contributed by atoms with Crippen molar-refractivity contribution >= 4 is 51.5 Å². The predicted octanol–water partition coefficient (Wildman–Crippen LogP) is 6.28. The second kappa shape index (κ2) is 10.7. The normalized spacial score (nSPS) is 16.7. The molecule has 0 unspecified atom stereocenters. The van der Waals surface area contributed by atoms with Crippen LogP contribution in [0.4, 0.5) is 0 Å². The van der Waals surface area contributed by atoms with Gasteiger partial charge in [0.25, 0.3) is 5.91 Å². The van der Waals surface area contributed by atoms with E-state index >= 15 is 0 Å². The van der Waals surface area contributed by atoms with Crippen LogP contribution in [0.2, 0.25) is 0 Å². The van der Waals surface area contributed by atoms with E-state index in [0.29, 0.717) is 23.0 Å². The van der Waals surface area contributed by atoms with Gasteiger partial charge in [-0.05, 0) is 98.3 Å². The van der Waals surface area contributed by atoms with Gasteiger partial charge in [-0.3, -0.25) is 14.7 Å². The van der Waals surface area contributed by atoms with Crippen molar-refractivity contribution in [3.8, 4) is 11.5 Å². The number of benzene rings is 2. The average molecular weight is 564 g/mol. The number of carbonyl (C=O) groups excluding carboxylic acids is 1. The zero-order valence-corrected chi connectivity index (χ0v) is 22.3. The third-order valence-corrected chi connectivity index (χ3v) is 6.57. The predicted molar refractivity (Wildman–Crippen MR) is 141 cm³/mol. The highest BCUT2D eigenvalue weighted by Crippen LogP contribution is 2.38. The van der Waals surface area contributed by atoms with Crippen LogP contribution in [0.1, 0.15) is 44.4 Å². The van der Waals surface area contributed by atoms with E-state index in [0.717, 1.165) is 19.9 Å². The fourth-order valence-electron chi connectivity index (χ4n) is 3.21. The Morgan fingerprint density at radius 2 is 1.84 bits per heavy atom. The minimum atomic E-state index is -0.0157. The van der Waals surface area contributed by atoms with E-state index in [1.54, 1.807) is 12.0 Å². The summed E-state index contributed by atoms with van der Waals surface area (Å²) in [6, 6.07) is 12.4. The number of hydrogen-bond donors (Lipinski definition) is 0. The highest BCUT2D eigenvalue weighted by molar-refractivity contribution is 14.1. The number of aliphatic imine (C=N–C) groups is 1. The van der Waals surface area contributed by atoms with Crippen molar-refractivity contribution < 1.29 is 14.3 Å². The van der Waals surface area contributed by atoms with Crippen LogP contribution in [0, 0.1) is 10.5 Å². The summed E-state index contributed by atoms with van der Waals surface area (Å²) >= 11 is 3.67. The first-order valence-electron chi connectivity index (χ1n) is 10.6. The molecule has 32 heavy (non-hydrogen) atoms. The Labute approximate surface area is 208 Å². The van der Waals surface area contributed by atoms with Crippen molar-refractivity contribution in [2.45, 2.75) is 53.3 Å². The Kier molecular flexibility index (Phi) is 8.27. The minimum absolute atomic E-state index is 0.0157. The molecule has 1 saturated heterocycles. The van der Waals surface area contributed by atoms with E-state index in [9.17, 15) is 4.79 Å². The van der Waals surface area contributed by atoms with Crippen LogP contribution in [0.3, 0.4) is 0 Å². The van der Waals surface area contributed by atoms with Crippen LogP contribution >= 0.6 is 34.4 Å². The molecule has 0 aromatic heterocycles. The van der Waals surface area contributed by atoms with Gasteiger partial charge >= 0.3 is 0 Å². The maximum absolute atomic E-state index is 13.0. The van der Waals surface area contributed by atoms with Gasteiger partial charge in [0.05, 0.1) is 15.6 Å². The number of aryl methyl sites for hydroxylation is 1. The lowest BCUT2D eigenvalue weighted by Crippen LogP contribution is -2.35. The maximum atomic E-state index is 13.0. The standard InChI is InChI=1S/C25H29IN2O3S/c1-15(2)27-25-28(16(3)4)24(29)22(32-25)13-19-11-20(26)23(21(12-19)30-6)31-14-18-9-7-17(5)8-10-18/h7-13,15-16H,14H2,1-6H3/b22-13+,27-25?. The number of carbonyl (C=O) groups is 1. The van der Waals surface area contributed by atoms with E-state index in [4.69, 9.17) is 9.47 Å². The number of methoxy groups -OCH3 is 1. The fraction of sp³-hybridized carbons (Fsp3) is 0.360. The Bertz CT molecular complexity index is 1050. The highest BCUT2D eigenvalue weighted by atomic mass is 127. The van der Waals surface area contributed by atoms with Crippen molar-refractivity contribution in [2.24, 2.45) is 4.99 Å². The van der Waals surface area contributed by atoms with Crippen LogP contribution in [0.25, 0.3) is 6.08 Å². The molecule has 2 aromatic carbocycles. The molecule has 0 bridgehead atoms. The molecule has 0 aliphatic carbocycles. The summed E-state index contributed by atoms with van der Waals surface area (Å²) in [5.74, 6) is 1.33. The summed E-state index contributed by atoms with van der Waals surface area (Å²) in [5.41, 5.74) is 3.20. The first kappa shape index (κ1) is 24.6. The van der Waals surface area contributed by atoms with E-state index in [-0.39, 0.29) is 18.0 Å². The molecular formula is C25H29IN2O3S. The number of amides is 1. The topological polar surface area (TPSA) is 51.1 Å². The zero-order chi connectivity index (χ0) is 23.4. The molecule has 1 aliphatic rings. The number of amidine groups is 1. The zero-order valence-electron chi connectivity index (χ0n) is 19.3. The lowest BCUT2D eigenvalue weighted by Gasteiger charge is -2.20. The van der Waals surface area contributed by atoms with Crippen molar-refractivity contribution in [1.82, 2.24) is 4.90 Å². The monoisotopic (exact) mass is 564 g/mol. The van der Waals surface area contributed by atoms with Gasteiger partial charge in [0.1, 0.15) is 6.61 Å². The van der Waals surface area contributed by atoms with Crippen molar-refractivity contribution in [1.29, 1.82) is 0 Å². The molecule has 0 atom stereocenters. The van der Waals surface area contributed by atoms with Crippen LogP contribution in [0.15, 0.2) is 46.3 Å². The van der Waals surface area contributed by atoms with Gasteiger partial charge in [-0.2, -0.15) is 0 Å². The number of rotatable bonds is 7. The lowest BCUT2D eigenvalue weighted by molar-refractivity contribution is -0.123. The number of ether oxygens (including phenoxy) is 2. The molecule has 3 rings (SSSR count). The second-order valence-corrected chi connectivity index (χ2v) is 10.4. The molecule has 0 saturated carbocycles. The second-order valence-electron chi connectivity index (χ2n) is 8.19. The molecule has 1 amide bonds. The van der Waals surface area contributed by atoms with Crippen molar-refractivity contribution in [3.63, 3.8) is 0 Å². The van der Waals surface area contributed by atoms with Crippen LogP contribution in [0.5, 0.6) is 11.5 Å². The molecule has 0 spiro atoms. The van der Waals surface area contributed by atoms with Crippen LogP contribution in [-0.4, -0.2) is 35.2 Å². The molecule has 7 heteroatoms. The van der Waals surface area contributed by atoms with Gasteiger partial charge in [0.15, 0.2) is 16.7 Å². The summed E-state index contributed by atoms with van der Waals surface area (Å²) in [7, 11) is 1.63. The molecule has 1 heterocycles. The van der Waals surface area contributed by atoms with Crippen molar-refractivity contribution in [2.75, 3.05) is 7.11 Å². The van der Waals surface area contributed by atoms with Gasteiger partial charge in [0, 0.05) is 12.1 Å². The Balaban J connectivity index is 1.87. The SMILES string of the molecule is COc1cc(/C=C2/SC(=NC(C)C)N(C(C)C)C2=O)cc(I)c1OCc1ccc(C)cc1. The maximum Gasteiger partial charge on any atom is 0.266 e. The molecule has 170 valence electrons. The first-order chi connectivity index (χ1) is 15.2. The molecule has 0 radical (unpaired) electrons. The van der Waals surface area contributed by atoms with Gasteiger partial charge in [-0.15, -0.1) is 0 Å². The Morgan fingerprint density at radius 3 is 2.44 bits per heavy atom. The van der Waals surface area contributed by atoms with E-state index in [2.05, 4.69) is 58.8 Å². The molecular weight excluding hydrogens is 535 g/mol. The Hall–Kier alpha value is -2.00. The molecule has 0 N–H and O–H groups in total. The summed E-state index contributed by atoms with van der Waals surface area (Å²) in [6.07, 6.45) is 1.90. The smallest absolute Gasteiger partial charge is 0.266 e. The Morgan fingerprint density at radius 1 is 1.16 bits per heavy atom. The summed E-state index contributed by atoms with van der Waals surface area (Å²) in [4.78, 5) is 20.1. The van der Waals surface area contributed by atoms with Gasteiger partial charge in [-0.1, -0.05) is 29.8 Å². The molecule has 1 aliphatic heterocycles. The summed E-state index contributed by atoms with van der Waals surface area (Å²) in [5, 5.41) is 0.756. The number of halogens is 1. The lowest BCUT2D eigenvalue weighted by atomic mass is 10.1. The average Bonchev–Trinajstić information content (AvgIpc) is 3.02. The highest BCUT2D eigenvalue weighted by Gasteiger charge is 2.35. The van der Waals surface area contributed by atoms with Crippen LogP contribution in [-0.2, 0) is 11.4 Å². The van der Waals surface area contributed by atoms with Gasteiger partial charge in [-0.25, -0.2) is 0 Å². The third-order valence-electron chi connectivity index (χ3n) is 4.78. The third kappa shape index (κ3) is 5.86. The molecule has 5 nitrogen and oxygen atoms in total. The molecule has 2 aromatic rings. The largest absolute Gasteiger partial charge is 0.493 e. The summed E-state index contributed by atoms with van der Waals surface area (Å²) < 4.78 is 12.6. The summed E-state index contributed by atoms with van der Waals surface area (Å²) in [6.45, 7) is 10.6. The van der Waals surface area contributed by atoms with Gasteiger partial charge < -0.3 is 9.47 Å². The van der Waals surface area contributed by atoms with E-state index in [1.807, 2.05) is 45.9 Å². The fourth-order valence-corrected chi connectivity index (χ4v) is 5.22. The van der Waals surface area contributed by atoms with Gasteiger partial charge in [0.2, 0.25) is 0 Å². The van der Waals surface area contributed by atoms with Crippen molar-refractivity contribution in [3.05, 3.63) is 61.6 Å².